The molecule has 0 radical (unpaired) electrons. The average Bonchev–Trinajstić information content (AvgIpc) is 2.29. The van der Waals surface area contributed by atoms with Crippen molar-refractivity contribution in [1.29, 1.82) is 0 Å². The van der Waals surface area contributed by atoms with Crippen molar-refractivity contribution in [2.45, 2.75) is 6.04 Å². The van der Waals surface area contributed by atoms with E-state index in [2.05, 4.69) is 4.98 Å². The van der Waals surface area contributed by atoms with E-state index in [0.29, 0.717) is 16.1 Å². The highest BCUT2D eigenvalue weighted by molar-refractivity contribution is 6.31. The van der Waals surface area contributed by atoms with Crippen molar-refractivity contribution in [2.75, 3.05) is 0 Å². The lowest BCUT2D eigenvalue weighted by molar-refractivity contribution is 0.599. The first-order valence-corrected chi connectivity index (χ1v) is 5.17. The normalized spacial score (nSPS) is 12.4. The van der Waals surface area contributed by atoms with E-state index >= 15 is 0 Å². The largest absolute Gasteiger partial charge is 0.320 e. The molecule has 1 aromatic heterocycles. The van der Waals surface area contributed by atoms with Crippen LogP contribution in [0.5, 0.6) is 0 Å². The molecule has 4 heteroatoms. The van der Waals surface area contributed by atoms with Gasteiger partial charge in [0.05, 0.1) is 11.1 Å². The standard InChI is InChI=1S/C12H10ClFN2/c13-10-7-16-6-5-8(10)12(15)9-3-1-2-4-11(9)14/h1-7,12H,15H2. The lowest BCUT2D eigenvalue weighted by atomic mass is 10.0. The second-order valence-electron chi connectivity index (χ2n) is 3.40. The fourth-order valence-corrected chi connectivity index (χ4v) is 1.77. The Morgan fingerprint density at radius 3 is 2.62 bits per heavy atom. The molecule has 16 heavy (non-hydrogen) atoms. The molecule has 0 spiro atoms. The van der Waals surface area contributed by atoms with Crippen LogP contribution in [0.25, 0.3) is 0 Å². The maximum atomic E-state index is 13.5. The molecule has 0 saturated carbocycles. The summed E-state index contributed by atoms with van der Waals surface area (Å²) in [6.07, 6.45) is 3.08. The molecule has 2 rings (SSSR count). The Hall–Kier alpha value is -1.45. The molecule has 1 unspecified atom stereocenters. The molecule has 0 amide bonds. The first-order valence-electron chi connectivity index (χ1n) is 4.79. The Morgan fingerprint density at radius 2 is 1.94 bits per heavy atom. The molecule has 0 bridgehead atoms. The maximum Gasteiger partial charge on any atom is 0.128 e. The monoisotopic (exact) mass is 236 g/mol. The van der Waals surface area contributed by atoms with Crippen LogP contribution >= 0.6 is 11.6 Å². The van der Waals surface area contributed by atoms with E-state index in [4.69, 9.17) is 17.3 Å². The van der Waals surface area contributed by atoms with E-state index in [0.717, 1.165) is 0 Å². The van der Waals surface area contributed by atoms with Gasteiger partial charge in [0, 0.05) is 18.0 Å². The van der Waals surface area contributed by atoms with Gasteiger partial charge in [-0.05, 0) is 17.7 Å². The SMILES string of the molecule is NC(c1ccccc1F)c1ccncc1Cl. The second-order valence-corrected chi connectivity index (χ2v) is 3.80. The number of nitrogens with two attached hydrogens (primary N) is 1. The van der Waals surface area contributed by atoms with E-state index in [1.807, 2.05) is 0 Å². The van der Waals surface area contributed by atoms with Crippen LogP contribution in [-0.2, 0) is 0 Å². The summed E-state index contributed by atoms with van der Waals surface area (Å²) in [5.74, 6) is -0.331. The van der Waals surface area contributed by atoms with Crippen LogP contribution in [0.3, 0.4) is 0 Å². The molecule has 0 saturated heterocycles. The van der Waals surface area contributed by atoms with Gasteiger partial charge in [-0.1, -0.05) is 29.8 Å². The number of aromatic nitrogens is 1. The van der Waals surface area contributed by atoms with Crippen molar-refractivity contribution in [2.24, 2.45) is 5.73 Å². The third-order valence-electron chi connectivity index (χ3n) is 2.38. The highest BCUT2D eigenvalue weighted by Gasteiger charge is 2.15. The molecule has 1 aromatic carbocycles. The fraction of sp³-hybridized carbons (Fsp3) is 0.0833. The third-order valence-corrected chi connectivity index (χ3v) is 2.69. The van der Waals surface area contributed by atoms with Crippen LogP contribution in [0, 0.1) is 5.82 Å². The highest BCUT2D eigenvalue weighted by atomic mass is 35.5. The van der Waals surface area contributed by atoms with Gasteiger partial charge in [0.25, 0.3) is 0 Å². The van der Waals surface area contributed by atoms with E-state index in [9.17, 15) is 4.39 Å². The summed E-state index contributed by atoms with van der Waals surface area (Å²) < 4.78 is 13.5. The van der Waals surface area contributed by atoms with Crippen LogP contribution in [-0.4, -0.2) is 4.98 Å². The van der Waals surface area contributed by atoms with E-state index in [1.165, 1.54) is 12.3 Å². The van der Waals surface area contributed by atoms with Gasteiger partial charge < -0.3 is 5.73 Å². The molecule has 1 atom stereocenters. The van der Waals surface area contributed by atoms with Crippen LogP contribution < -0.4 is 5.73 Å². The van der Waals surface area contributed by atoms with Gasteiger partial charge in [-0.25, -0.2) is 4.39 Å². The van der Waals surface area contributed by atoms with Gasteiger partial charge in [0.1, 0.15) is 5.82 Å². The molecule has 1 heterocycles. The summed E-state index contributed by atoms with van der Waals surface area (Å²) >= 11 is 5.96. The number of halogens is 2. The lowest BCUT2D eigenvalue weighted by Gasteiger charge is -2.14. The Labute approximate surface area is 97.9 Å². The zero-order chi connectivity index (χ0) is 11.5. The van der Waals surface area contributed by atoms with Crippen molar-refractivity contribution in [3.8, 4) is 0 Å². The van der Waals surface area contributed by atoms with Gasteiger partial charge in [0.15, 0.2) is 0 Å². The highest BCUT2D eigenvalue weighted by Crippen LogP contribution is 2.26. The molecule has 0 aliphatic rings. The molecular weight excluding hydrogens is 227 g/mol. The van der Waals surface area contributed by atoms with Crippen molar-refractivity contribution in [3.05, 3.63) is 64.7 Å². The van der Waals surface area contributed by atoms with Gasteiger partial charge in [-0.15, -0.1) is 0 Å². The first-order chi connectivity index (χ1) is 7.70. The lowest BCUT2D eigenvalue weighted by Crippen LogP contribution is -2.14. The summed E-state index contributed by atoms with van der Waals surface area (Å²) in [6.45, 7) is 0. The van der Waals surface area contributed by atoms with Crippen LogP contribution in [0.1, 0.15) is 17.2 Å². The number of hydrogen-bond donors (Lipinski definition) is 1. The summed E-state index contributed by atoms with van der Waals surface area (Å²) in [6, 6.07) is 7.52. The quantitative estimate of drug-likeness (QED) is 0.871. The Morgan fingerprint density at radius 1 is 1.19 bits per heavy atom. The minimum Gasteiger partial charge on any atom is -0.320 e. The van der Waals surface area contributed by atoms with E-state index in [1.54, 1.807) is 30.5 Å². The number of pyridine rings is 1. The van der Waals surface area contributed by atoms with E-state index in [-0.39, 0.29) is 5.82 Å². The average molecular weight is 237 g/mol. The Bertz CT molecular complexity index is 456. The molecule has 2 aromatic rings. The molecule has 0 fully saturated rings. The van der Waals surface area contributed by atoms with Crippen LogP contribution in [0.2, 0.25) is 5.02 Å². The third kappa shape index (κ3) is 2.05. The smallest absolute Gasteiger partial charge is 0.128 e. The van der Waals surface area contributed by atoms with Crippen molar-refractivity contribution < 1.29 is 4.39 Å². The summed E-state index contributed by atoms with van der Waals surface area (Å²) in [5.41, 5.74) is 7.06. The predicted octanol–water partition coefficient (Wildman–Crippen LogP) is 2.92. The van der Waals surface area contributed by atoms with Crippen LogP contribution in [0.4, 0.5) is 4.39 Å². The predicted molar refractivity (Wildman–Crippen MR) is 61.7 cm³/mol. The van der Waals surface area contributed by atoms with Crippen LogP contribution in [0.15, 0.2) is 42.7 Å². The molecule has 82 valence electrons. The van der Waals surface area contributed by atoms with Gasteiger partial charge in [-0.3, -0.25) is 4.98 Å². The molecule has 2 nitrogen and oxygen atoms in total. The van der Waals surface area contributed by atoms with Crippen molar-refractivity contribution in [1.82, 2.24) is 4.98 Å². The summed E-state index contributed by atoms with van der Waals surface area (Å²) in [5, 5.41) is 0.443. The zero-order valence-corrected chi connectivity index (χ0v) is 9.16. The summed E-state index contributed by atoms with van der Waals surface area (Å²) in [7, 11) is 0. The molecular formula is C12H10ClFN2. The zero-order valence-electron chi connectivity index (χ0n) is 8.40. The minimum atomic E-state index is -0.573. The topological polar surface area (TPSA) is 38.9 Å². The van der Waals surface area contributed by atoms with Gasteiger partial charge >= 0.3 is 0 Å². The fourth-order valence-electron chi connectivity index (χ4n) is 1.53. The van der Waals surface area contributed by atoms with Gasteiger partial charge in [0.2, 0.25) is 0 Å². The number of benzene rings is 1. The Balaban J connectivity index is 2.44. The van der Waals surface area contributed by atoms with Crippen molar-refractivity contribution in [3.63, 3.8) is 0 Å². The second kappa shape index (κ2) is 4.60. The molecule has 0 aliphatic heterocycles. The minimum absolute atomic E-state index is 0.331. The number of rotatable bonds is 2. The Kier molecular flexibility index (Phi) is 3.17. The van der Waals surface area contributed by atoms with Gasteiger partial charge in [-0.2, -0.15) is 0 Å². The van der Waals surface area contributed by atoms with Crippen molar-refractivity contribution >= 4 is 11.6 Å². The first kappa shape index (κ1) is 11.0. The molecule has 0 aliphatic carbocycles. The maximum absolute atomic E-state index is 13.5. The number of nitrogens with zero attached hydrogens (tertiary/aromatic N) is 1. The molecule has 2 N–H and O–H groups in total. The van der Waals surface area contributed by atoms with E-state index < -0.39 is 6.04 Å². The number of hydrogen-bond acceptors (Lipinski definition) is 2. The summed E-state index contributed by atoms with van der Waals surface area (Å²) in [4.78, 5) is 3.86.